The van der Waals surface area contributed by atoms with Crippen molar-refractivity contribution in [3.63, 3.8) is 0 Å². The summed E-state index contributed by atoms with van der Waals surface area (Å²) < 4.78 is 10.6. The summed E-state index contributed by atoms with van der Waals surface area (Å²) >= 11 is 1.26. The van der Waals surface area contributed by atoms with Crippen LogP contribution in [0.4, 0.5) is 0 Å². The van der Waals surface area contributed by atoms with E-state index in [-0.39, 0.29) is 0 Å². The molecule has 1 aromatic carbocycles. The number of amides is 1. The highest BCUT2D eigenvalue weighted by atomic mass is 32.1. The molecule has 0 saturated heterocycles. The number of hydrogen-bond donors (Lipinski definition) is 1. The lowest BCUT2D eigenvalue weighted by molar-refractivity contribution is -0.130. The standard InChI is InChI=1S/C20H18N2O4S/c1-25-16-6-4-14(5-7-16)13-22-19(23)18(15-8-10-21-11-9-15)26-20(24)17-3-2-12-27-17/h2-12,18H,13H2,1H3,(H,22,23)/t18-/m1/s1. The molecule has 6 nitrogen and oxygen atoms in total. The van der Waals surface area contributed by atoms with Gasteiger partial charge in [0.2, 0.25) is 6.10 Å². The van der Waals surface area contributed by atoms with Crippen LogP contribution in [0, 0.1) is 0 Å². The molecule has 1 N–H and O–H groups in total. The van der Waals surface area contributed by atoms with Crippen molar-refractivity contribution in [1.82, 2.24) is 10.3 Å². The van der Waals surface area contributed by atoms with Crippen LogP contribution in [-0.4, -0.2) is 24.0 Å². The van der Waals surface area contributed by atoms with Crippen LogP contribution in [-0.2, 0) is 16.1 Å². The molecule has 0 spiro atoms. The third kappa shape index (κ3) is 4.92. The van der Waals surface area contributed by atoms with Gasteiger partial charge in [-0.05, 0) is 41.3 Å². The van der Waals surface area contributed by atoms with Gasteiger partial charge in [0.1, 0.15) is 10.6 Å². The molecular formula is C20H18N2O4S. The van der Waals surface area contributed by atoms with E-state index < -0.39 is 18.0 Å². The van der Waals surface area contributed by atoms with E-state index in [2.05, 4.69) is 10.3 Å². The first-order chi connectivity index (χ1) is 13.2. The second-order valence-electron chi connectivity index (χ2n) is 5.61. The topological polar surface area (TPSA) is 77.5 Å². The van der Waals surface area contributed by atoms with Crippen LogP contribution in [0.15, 0.2) is 66.3 Å². The molecule has 0 saturated carbocycles. The number of nitrogens with zero attached hydrogens (tertiary/aromatic N) is 1. The molecule has 0 unspecified atom stereocenters. The van der Waals surface area contributed by atoms with E-state index in [0.29, 0.717) is 17.0 Å². The molecule has 138 valence electrons. The Bertz CT molecular complexity index is 880. The number of benzene rings is 1. The van der Waals surface area contributed by atoms with E-state index in [1.807, 2.05) is 24.3 Å². The molecule has 0 aliphatic carbocycles. The Morgan fingerprint density at radius 3 is 2.48 bits per heavy atom. The van der Waals surface area contributed by atoms with Gasteiger partial charge >= 0.3 is 5.97 Å². The average Bonchev–Trinajstić information content (AvgIpc) is 3.26. The average molecular weight is 382 g/mol. The number of rotatable bonds is 7. The van der Waals surface area contributed by atoms with Gasteiger partial charge in [-0.15, -0.1) is 11.3 Å². The monoisotopic (exact) mass is 382 g/mol. The minimum Gasteiger partial charge on any atom is -0.497 e. The number of methoxy groups -OCH3 is 1. The molecule has 1 atom stereocenters. The Labute approximate surface area is 160 Å². The zero-order valence-corrected chi connectivity index (χ0v) is 15.4. The van der Waals surface area contributed by atoms with Crippen LogP contribution in [0.5, 0.6) is 5.75 Å². The fourth-order valence-corrected chi connectivity index (χ4v) is 3.00. The number of carbonyl (C=O) groups is 2. The van der Waals surface area contributed by atoms with Gasteiger partial charge in [-0.2, -0.15) is 0 Å². The van der Waals surface area contributed by atoms with Crippen molar-refractivity contribution in [1.29, 1.82) is 0 Å². The molecule has 3 rings (SSSR count). The number of thiophene rings is 1. The largest absolute Gasteiger partial charge is 0.497 e. The van der Waals surface area contributed by atoms with E-state index in [1.54, 1.807) is 49.1 Å². The fraction of sp³-hybridized carbons (Fsp3) is 0.150. The summed E-state index contributed by atoms with van der Waals surface area (Å²) in [6, 6.07) is 14.1. The molecule has 7 heteroatoms. The van der Waals surface area contributed by atoms with Gasteiger partial charge in [0.25, 0.3) is 5.91 Å². The first-order valence-electron chi connectivity index (χ1n) is 8.22. The second kappa shape index (κ2) is 8.95. The lowest BCUT2D eigenvalue weighted by Crippen LogP contribution is -2.31. The Morgan fingerprint density at radius 2 is 1.85 bits per heavy atom. The second-order valence-corrected chi connectivity index (χ2v) is 6.56. The Balaban J connectivity index is 1.71. The highest BCUT2D eigenvalue weighted by Crippen LogP contribution is 2.21. The SMILES string of the molecule is COc1ccc(CNC(=O)[C@H](OC(=O)c2cccs2)c2ccncc2)cc1. The van der Waals surface area contributed by atoms with Crippen molar-refractivity contribution in [2.75, 3.05) is 7.11 Å². The van der Waals surface area contributed by atoms with Crippen molar-refractivity contribution in [2.24, 2.45) is 0 Å². The molecule has 0 aliphatic rings. The number of nitrogens with one attached hydrogen (secondary N) is 1. The highest BCUT2D eigenvalue weighted by Gasteiger charge is 2.26. The maximum atomic E-state index is 12.7. The van der Waals surface area contributed by atoms with Gasteiger partial charge in [0, 0.05) is 24.5 Å². The van der Waals surface area contributed by atoms with Crippen molar-refractivity contribution in [2.45, 2.75) is 12.6 Å². The van der Waals surface area contributed by atoms with Gasteiger partial charge in [-0.3, -0.25) is 9.78 Å². The summed E-state index contributed by atoms with van der Waals surface area (Å²) in [5.74, 6) is -0.196. The van der Waals surface area contributed by atoms with Gasteiger partial charge < -0.3 is 14.8 Å². The number of ether oxygens (including phenoxy) is 2. The molecule has 1 amide bonds. The summed E-state index contributed by atoms with van der Waals surface area (Å²) in [6.07, 6.45) is 2.05. The smallest absolute Gasteiger partial charge is 0.349 e. The van der Waals surface area contributed by atoms with Crippen molar-refractivity contribution >= 4 is 23.2 Å². The van der Waals surface area contributed by atoms with Gasteiger partial charge in [-0.1, -0.05) is 18.2 Å². The first-order valence-corrected chi connectivity index (χ1v) is 9.10. The predicted octanol–water partition coefficient (Wildman–Crippen LogP) is 3.37. The zero-order chi connectivity index (χ0) is 19.1. The van der Waals surface area contributed by atoms with Gasteiger partial charge in [-0.25, -0.2) is 4.79 Å². The normalized spacial score (nSPS) is 11.4. The Kier molecular flexibility index (Phi) is 6.17. The van der Waals surface area contributed by atoms with Crippen molar-refractivity contribution in [3.8, 4) is 5.75 Å². The van der Waals surface area contributed by atoms with Crippen molar-refractivity contribution in [3.05, 3.63) is 82.3 Å². The molecule has 0 fully saturated rings. The van der Waals surface area contributed by atoms with E-state index in [4.69, 9.17) is 9.47 Å². The van der Waals surface area contributed by atoms with E-state index in [9.17, 15) is 9.59 Å². The number of pyridine rings is 1. The summed E-state index contributed by atoms with van der Waals surface area (Å²) in [6.45, 7) is 0.307. The molecule has 0 bridgehead atoms. The fourth-order valence-electron chi connectivity index (χ4n) is 2.40. The Hall–Kier alpha value is -3.19. The third-order valence-corrected chi connectivity index (χ3v) is 4.67. The van der Waals surface area contributed by atoms with E-state index >= 15 is 0 Å². The zero-order valence-electron chi connectivity index (χ0n) is 14.6. The third-order valence-electron chi connectivity index (χ3n) is 3.82. The predicted molar refractivity (Wildman–Crippen MR) is 102 cm³/mol. The number of esters is 1. The maximum Gasteiger partial charge on any atom is 0.349 e. The molecule has 27 heavy (non-hydrogen) atoms. The summed E-state index contributed by atoms with van der Waals surface area (Å²) in [5.41, 5.74) is 1.46. The van der Waals surface area contributed by atoms with Gasteiger partial charge in [0.15, 0.2) is 0 Å². The lowest BCUT2D eigenvalue weighted by atomic mass is 10.1. The van der Waals surface area contributed by atoms with Crippen LogP contribution in [0.2, 0.25) is 0 Å². The van der Waals surface area contributed by atoms with Crippen LogP contribution in [0.25, 0.3) is 0 Å². The molecular weight excluding hydrogens is 364 g/mol. The van der Waals surface area contributed by atoms with Crippen LogP contribution >= 0.6 is 11.3 Å². The molecule has 0 radical (unpaired) electrons. The summed E-state index contributed by atoms with van der Waals surface area (Å²) in [4.78, 5) is 29.4. The summed E-state index contributed by atoms with van der Waals surface area (Å²) in [5, 5.41) is 4.59. The van der Waals surface area contributed by atoms with Crippen LogP contribution in [0.1, 0.15) is 26.9 Å². The summed E-state index contributed by atoms with van der Waals surface area (Å²) in [7, 11) is 1.60. The molecule has 3 aromatic rings. The molecule has 2 heterocycles. The van der Waals surface area contributed by atoms with Crippen LogP contribution < -0.4 is 10.1 Å². The minimum atomic E-state index is -1.05. The highest BCUT2D eigenvalue weighted by molar-refractivity contribution is 7.11. The van der Waals surface area contributed by atoms with Crippen molar-refractivity contribution < 1.29 is 19.1 Å². The van der Waals surface area contributed by atoms with E-state index in [0.717, 1.165) is 11.3 Å². The van der Waals surface area contributed by atoms with E-state index in [1.165, 1.54) is 11.3 Å². The number of aromatic nitrogens is 1. The minimum absolute atomic E-state index is 0.307. The first kappa shape index (κ1) is 18.6. The maximum absolute atomic E-state index is 12.7. The Morgan fingerprint density at radius 1 is 1.11 bits per heavy atom. The lowest BCUT2D eigenvalue weighted by Gasteiger charge is -2.17. The quantitative estimate of drug-likeness (QED) is 0.634. The van der Waals surface area contributed by atoms with Gasteiger partial charge in [0.05, 0.1) is 7.11 Å². The molecule has 2 aromatic heterocycles. The molecule has 0 aliphatic heterocycles. The van der Waals surface area contributed by atoms with Crippen LogP contribution in [0.3, 0.4) is 0 Å². The number of hydrogen-bond acceptors (Lipinski definition) is 6. The number of carbonyl (C=O) groups excluding carboxylic acids is 2.